The fourth-order valence-corrected chi connectivity index (χ4v) is 1.75. The highest BCUT2D eigenvalue weighted by Crippen LogP contribution is 2.20. The second-order valence-electron chi connectivity index (χ2n) is 3.87. The summed E-state index contributed by atoms with van der Waals surface area (Å²) >= 11 is 0. The zero-order valence-corrected chi connectivity index (χ0v) is 10.1. The average Bonchev–Trinajstić information content (AvgIpc) is 2.29. The van der Waals surface area contributed by atoms with Crippen molar-refractivity contribution in [3.8, 4) is 0 Å². The quantitative estimate of drug-likeness (QED) is 0.343. The van der Waals surface area contributed by atoms with E-state index in [0.29, 0.717) is 0 Å². The molecule has 0 aromatic carbocycles. The van der Waals surface area contributed by atoms with E-state index in [1.165, 1.54) is 31.4 Å². The monoisotopic (exact) mass is 224 g/mol. The van der Waals surface area contributed by atoms with Gasteiger partial charge in [0.25, 0.3) is 0 Å². The van der Waals surface area contributed by atoms with E-state index < -0.39 is 6.17 Å². The van der Waals surface area contributed by atoms with Crippen LogP contribution in [0.3, 0.4) is 0 Å². The largest absolute Gasteiger partial charge is 0.237 e. The van der Waals surface area contributed by atoms with Crippen molar-refractivity contribution in [1.82, 2.24) is 0 Å². The Morgan fingerprint density at radius 1 is 1.00 bits per heavy atom. The van der Waals surface area contributed by atoms with Gasteiger partial charge in [0.1, 0.15) is 0 Å². The Balaban J connectivity index is 4.20. The van der Waals surface area contributed by atoms with Crippen LogP contribution in [0.15, 0.2) is 9.98 Å². The van der Waals surface area contributed by atoms with E-state index in [9.17, 15) is 9.59 Å². The number of nitrogens with zero attached hydrogens (tertiary/aromatic N) is 2. The molecule has 0 saturated carbocycles. The first kappa shape index (κ1) is 14.8. The topological polar surface area (TPSA) is 58.9 Å². The van der Waals surface area contributed by atoms with Gasteiger partial charge >= 0.3 is 0 Å². The molecule has 0 heterocycles. The summed E-state index contributed by atoms with van der Waals surface area (Å²) in [5.41, 5.74) is 0. The number of carbonyl (C=O) groups excluding carboxylic acids is 2. The normalized spacial score (nSPS) is 13.4. The van der Waals surface area contributed by atoms with Crippen molar-refractivity contribution >= 4 is 12.2 Å². The lowest BCUT2D eigenvalue weighted by atomic mass is 9.95. The molecule has 0 aromatic rings. The van der Waals surface area contributed by atoms with E-state index >= 15 is 0 Å². The van der Waals surface area contributed by atoms with Crippen LogP contribution in [0.5, 0.6) is 0 Å². The summed E-state index contributed by atoms with van der Waals surface area (Å²) in [5, 5.41) is 0. The van der Waals surface area contributed by atoms with Crippen molar-refractivity contribution in [3.63, 3.8) is 0 Å². The third-order valence-corrected chi connectivity index (χ3v) is 2.74. The van der Waals surface area contributed by atoms with E-state index in [1.54, 1.807) is 0 Å². The molecular formula is C12H20N2O2. The van der Waals surface area contributed by atoms with Crippen molar-refractivity contribution in [3.05, 3.63) is 0 Å². The molecule has 0 aliphatic heterocycles. The standard InChI is InChI=1S/C12H20N2O2/c1-3-5-6-7-8-11(4-2)12(13-9-15)14-10-16/h11-12H,3-8H2,1-2H3. The second kappa shape index (κ2) is 10.3. The lowest BCUT2D eigenvalue weighted by Crippen LogP contribution is -2.15. The van der Waals surface area contributed by atoms with Crippen LogP contribution in [0.4, 0.5) is 0 Å². The zero-order chi connectivity index (χ0) is 12.2. The summed E-state index contributed by atoms with van der Waals surface area (Å²) < 4.78 is 0. The molecule has 0 aliphatic rings. The summed E-state index contributed by atoms with van der Waals surface area (Å²) in [5.74, 6) is 0.153. The van der Waals surface area contributed by atoms with Crippen molar-refractivity contribution in [2.45, 2.75) is 58.5 Å². The number of unbranched alkanes of at least 4 members (excludes halogenated alkanes) is 3. The molecule has 0 radical (unpaired) electrons. The second-order valence-corrected chi connectivity index (χ2v) is 3.87. The van der Waals surface area contributed by atoms with Gasteiger partial charge in [-0.15, -0.1) is 0 Å². The van der Waals surface area contributed by atoms with Gasteiger partial charge in [0.2, 0.25) is 12.2 Å². The summed E-state index contributed by atoms with van der Waals surface area (Å²) in [7, 11) is 0. The molecule has 4 heteroatoms. The molecule has 90 valence electrons. The molecule has 1 unspecified atom stereocenters. The maximum Gasteiger partial charge on any atom is 0.237 e. The predicted octanol–water partition coefficient (Wildman–Crippen LogP) is 2.98. The summed E-state index contributed by atoms with van der Waals surface area (Å²) in [6.07, 6.45) is 8.83. The van der Waals surface area contributed by atoms with E-state index in [2.05, 4.69) is 16.9 Å². The summed E-state index contributed by atoms with van der Waals surface area (Å²) in [6.45, 7) is 4.17. The zero-order valence-electron chi connectivity index (χ0n) is 10.1. The molecule has 0 spiro atoms. The van der Waals surface area contributed by atoms with Gasteiger partial charge < -0.3 is 0 Å². The van der Waals surface area contributed by atoms with Crippen LogP contribution in [0.1, 0.15) is 52.4 Å². The van der Waals surface area contributed by atoms with Crippen molar-refractivity contribution in [1.29, 1.82) is 0 Å². The SMILES string of the molecule is CCCCCCC(CC)C(N=C=O)N=C=O. The predicted molar refractivity (Wildman–Crippen MR) is 62.6 cm³/mol. The van der Waals surface area contributed by atoms with Gasteiger partial charge in [-0.1, -0.05) is 39.5 Å². The summed E-state index contributed by atoms with van der Waals surface area (Å²) in [6, 6.07) is 0. The molecule has 16 heavy (non-hydrogen) atoms. The Labute approximate surface area is 96.9 Å². The summed E-state index contributed by atoms with van der Waals surface area (Å²) in [4.78, 5) is 27.5. The third-order valence-electron chi connectivity index (χ3n) is 2.74. The van der Waals surface area contributed by atoms with E-state index in [0.717, 1.165) is 19.3 Å². The molecule has 0 aliphatic carbocycles. The number of hydrogen-bond donors (Lipinski definition) is 0. The minimum atomic E-state index is -0.582. The Morgan fingerprint density at radius 2 is 1.62 bits per heavy atom. The van der Waals surface area contributed by atoms with Crippen molar-refractivity contribution in [2.75, 3.05) is 0 Å². The van der Waals surface area contributed by atoms with Crippen molar-refractivity contribution < 1.29 is 9.59 Å². The Bertz CT molecular complexity index is 248. The number of aliphatic imine (C=N–C) groups is 2. The van der Waals surface area contributed by atoms with Crippen LogP contribution in [0, 0.1) is 5.92 Å². The van der Waals surface area contributed by atoms with Crippen LogP contribution in [-0.4, -0.2) is 18.3 Å². The fourth-order valence-electron chi connectivity index (χ4n) is 1.75. The van der Waals surface area contributed by atoms with E-state index in [1.807, 2.05) is 6.92 Å². The number of isocyanates is 2. The minimum absolute atomic E-state index is 0.153. The fraction of sp³-hybridized carbons (Fsp3) is 0.833. The highest BCUT2D eigenvalue weighted by atomic mass is 16.1. The van der Waals surface area contributed by atoms with E-state index in [4.69, 9.17) is 0 Å². The average molecular weight is 224 g/mol. The van der Waals surface area contributed by atoms with Gasteiger partial charge in [0.15, 0.2) is 6.17 Å². The smallest absolute Gasteiger partial charge is 0.211 e. The molecule has 0 amide bonds. The van der Waals surface area contributed by atoms with Gasteiger partial charge in [-0.3, -0.25) is 0 Å². The lowest BCUT2D eigenvalue weighted by Gasteiger charge is -2.16. The van der Waals surface area contributed by atoms with Crippen LogP contribution in [0.25, 0.3) is 0 Å². The van der Waals surface area contributed by atoms with E-state index in [-0.39, 0.29) is 5.92 Å². The minimum Gasteiger partial charge on any atom is -0.211 e. The molecule has 4 nitrogen and oxygen atoms in total. The van der Waals surface area contributed by atoms with Crippen LogP contribution >= 0.6 is 0 Å². The first-order chi connectivity index (χ1) is 7.79. The molecule has 0 fully saturated rings. The first-order valence-electron chi connectivity index (χ1n) is 5.94. The Hall–Kier alpha value is -1.24. The third kappa shape index (κ3) is 6.28. The maximum absolute atomic E-state index is 10.2. The van der Waals surface area contributed by atoms with Gasteiger partial charge in [0, 0.05) is 5.92 Å². The Kier molecular flexibility index (Phi) is 9.49. The molecular weight excluding hydrogens is 204 g/mol. The van der Waals surface area contributed by atoms with Crippen LogP contribution in [0.2, 0.25) is 0 Å². The van der Waals surface area contributed by atoms with Gasteiger partial charge in [0.05, 0.1) is 0 Å². The van der Waals surface area contributed by atoms with Gasteiger partial charge in [-0.05, 0) is 12.8 Å². The molecule has 0 aromatic heterocycles. The van der Waals surface area contributed by atoms with Crippen LogP contribution in [-0.2, 0) is 9.59 Å². The first-order valence-corrected chi connectivity index (χ1v) is 5.94. The number of rotatable bonds is 9. The highest BCUT2D eigenvalue weighted by Gasteiger charge is 2.17. The lowest BCUT2D eigenvalue weighted by molar-refractivity contribution is 0.373. The van der Waals surface area contributed by atoms with Gasteiger partial charge in [-0.25, -0.2) is 9.59 Å². The Morgan fingerprint density at radius 3 is 2.06 bits per heavy atom. The highest BCUT2D eigenvalue weighted by molar-refractivity contribution is 5.37. The van der Waals surface area contributed by atoms with Crippen molar-refractivity contribution in [2.24, 2.45) is 15.9 Å². The maximum atomic E-state index is 10.2. The van der Waals surface area contributed by atoms with Gasteiger partial charge in [-0.2, -0.15) is 9.98 Å². The molecule has 0 bridgehead atoms. The molecule has 0 N–H and O–H groups in total. The number of hydrogen-bond acceptors (Lipinski definition) is 4. The molecule has 0 rings (SSSR count). The molecule has 1 atom stereocenters. The van der Waals surface area contributed by atoms with Crippen LogP contribution < -0.4 is 0 Å². The molecule has 0 saturated heterocycles.